The van der Waals surface area contributed by atoms with Crippen LogP contribution in [0.4, 0.5) is 0 Å². The van der Waals surface area contributed by atoms with Crippen molar-refractivity contribution in [1.29, 1.82) is 0 Å². The monoisotopic (exact) mass is 253 g/mol. The van der Waals surface area contributed by atoms with Crippen LogP contribution in [0.1, 0.15) is 25.6 Å². The lowest BCUT2D eigenvalue weighted by Gasteiger charge is -2.07. The highest BCUT2D eigenvalue weighted by Gasteiger charge is 2.06. The van der Waals surface area contributed by atoms with E-state index in [2.05, 4.69) is 10.3 Å². The van der Waals surface area contributed by atoms with E-state index in [1.54, 1.807) is 13.1 Å². The summed E-state index contributed by atoms with van der Waals surface area (Å²) in [5, 5.41) is 2.75. The second kappa shape index (κ2) is 7.47. The van der Waals surface area contributed by atoms with Crippen molar-refractivity contribution in [3.8, 4) is 0 Å². The fourth-order valence-corrected chi connectivity index (χ4v) is 1.49. The van der Waals surface area contributed by atoms with Crippen LogP contribution >= 0.6 is 0 Å². The molecule has 0 saturated heterocycles. The van der Waals surface area contributed by atoms with Crippen molar-refractivity contribution in [2.75, 3.05) is 13.2 Å². The number of nitrogens with zero attached hydrogens (tertiary/aromatic N) is 2. The smallest absolute Gasteiger partial charge is 0.306 e. The molecular weight excluding hydrogens is 234 g/mol. The Morgan fingerprint density at radius 3 is 2.83 bits per heavy atom. The molecule has 0 aliphatic rings. The minimum Gasteiger partial charge on any atom is -0.466 e. The third-order valence-corrected chi connectivity index (χ3v) is 2.46. The van der Waals surface area contributed by atoms with Gasteiger partial charge in [-0.2, -0.15) is 0 Å². The van der Waals surface area contributed by atoms with E-state index >= 15 is 0 Å². The van der Waals surface area contributed by atoms with Gasteiger partial charge < -0.3 is 14.6 Å². The van der Waals surface area contributed by atoms with Gasteiger partial charge in [0, 0.05) is 31.9 Å². The van der Waals surface area contributed by atoms with Crippen LogP contribution in [0.2, 0.25) is 0 Å². The Kier molecular flexibility index (Phi) is 5.90. The first-order valence-electron chi connectivity index (χ1n) is 6.03. The van der Waals surface area contributed by atoms with Gasteiger partial charge in [-0.3, -0.25) is 9.59 Å². The van der Waals surface area contributed by atoms with E-state index in [0.717, 1.165) is 5.82 Å². The molecule has 0 radical (unpaired) electrons. The highest BCUT2D eigenvalue weighted by molar-refractivity contribution is 5.81. The molecule has 1 aromatic heterocycles. The fraction of sp³-hybridized carbons (Fsp3) is 0.583. The SMILES string of the molecule is CCOC(=O)CCC(=O)NCCn1ccnc1C. The third kappa shape index (κ3) is 4.99. The number of hydrogen-bond donors (Lipinski definition) is 1. The molecule has 0 aliphatic heterocycles. The van der Waals surface area contributed by atoms with Crippen molar-refractivity contribution >= 4 is 11.9 Å². The normalized spacial score (nSPS) is 10.1. The molecule has 0 aliphatic carbocycles. The summed E-state index contributed by atoms with van der Waals surface area (Å²) >= 11 is 0. The number of imidazole rings is 1. The number of rotatable bonds is 7. The lowest BCUT2D eigenvalue weighted by Crippen LogP contribution is -2.27. The minimum atomic E-state index is -0.335. The van der Waals surface area contributed by atoms with Crippen LogP contribution in [-0.2, 0) is 20.9 Å². The zero-order valence-corrected chi connectivity index (χ0v) is 10.8. The van der Waals surface area contributed by atoms with Crippen LogP contribution < -0.4 is 5.32 Å². The molecule has 0 bridgehead atoms. The minimum absolute atomic E-state index is 0.129. The molecule has 1 amide bonds. The maximum Gasteiger partial charge on any atom is 0.306 e. The van der Waals surface area contributed by atoms with E-state index in [4.69, 9.17) is 4.74 Å². The van der Waals surface area contributed by atoms with E-state index in [-0.39, 0.29) is 24.7 Å². The summed E-state index contributed by atoms with van der Waals surface area (Å²) in [6.07, 6.45) is 3.88. The summed E-state index contributed by atoms with van der Waals surface area (Å²) in [5.74, 6) is 0.440. The average Bonchev–Trinajstić information content (AvgIpc) is 2.73. The number of aryl methyl sites for hydroxylation is 1. The molecular formula is C12H19N3O3. The summed E-state index contributed by atoms with van der Waals surface area (Å²) in [6, 6.07) is 0. The molecule has 0 unspecified atom stereocenters. The predicted octanol–water partition coefficient (Wildman–Crippen LogP) is 0.651. The van der Waals surface area contributed by atoms with Crippen LogP contribution in [-0.4, -0.2) is 34.6 Å². The maximum absolute atomic E-state index is 11.4. The summed E-state index contributed by atoms with van der Waals surface area (Å²) < 4.78 is 6.69. The van der Waals surface area contributed by atoms with Crippen LogP contribution in [0.3, 0.4) is 0 Å². The lowest BCUT2D eigenvalue weighted by molar-refractivity contribution is -0.144. The zero-order valence-electron chi connectivity index (χ0n) is 10.8. The third-order valence-electron chi connectivity index (χ3n) is 2.46. The lowest BCUT2D eigenvalue weighted by atomic mass is 10.3. The van der Waals surface area contributed by atoms with Gasteiger partial charge in [0.25, 0.3) is 0 Å². The molecule has 1 rings (SSSR count). The van der Waals surface area contributed by atoms with Crippen LogP contribution in [0, 0.1) is 6.92 Å². The summed E-state index contributed by atoms with van der Waals surface area (Å²) in [7, 11) is 0. The summed E-state index contributed by atoms with van der Waals surface area (Å²) in [4.78, 5) is 26.5. The zero-order chi connectivity index (χ0) is 13.4. The van der Waals surface area contributed by atoms with Gasteiger partial charge in [0.1, 0.15) is 5.82 Å². The average molecular weight is 253 g/mol. The van der Waals surface area contributed by atoms with Crippen molar-refractivity contribution in [2.45, 2.75) is 33.2 Å². The maximum atomic E-state index is 11.4. The van der Waals surface area contributed by atoms with Gasteiger partial charge in [-0.25, -0.2) is 4.98 Å². The first-order chi connectivity index (χ1) is 8.63. The number of aromatic nitrogens is 2. The second-order valence-electron chi connectivity index (χ2n) is 3.82. The van der Waals surface area contributed by atoms with Gasteiger partial charge in [-0.05, 0) is 13.8 Å². The van der Waals surface area contributed by atoms with Gasteiger partial charge in [-0.1, -0.05) is 0 Å². The molecule has 0 fully saturated rings. The molecule has 0 saturated carbocycles. The quantitative estimate of drug-likeness (QED) is 0.724. The van der Waals surface area contributed by atoms with Crippen molar-refractivity contribution in [3.05, 3.63) is 18.2 Å². The number of esters is 1. The van der Waals surface area contributed by atoms with Crippen LogP contribution in [0.25, 0.3) is 0 Å². The number of hydrogen-bond acceptors (Lipinski definition) is 4. The second-order valence-corrected chi connectivity index (χ2v) is 3.82. The van der Waals surface area contributed by atoms with Crippen molar-refractivity contribution in [1.82, 2.24) is 14.9 Å². The van der Waals surface area contributed by atoms with E-state index in [0.29, 0.717) is 19.7 Å². The first kappa shape index (κ1) is 14.2. The van der Waals surface area contributed by atoms with E-state index in [1.807, 2.05) is 17.7 Å². The molecule has 0 atom stereocenters. The number of nitrogens with one attached hydrogen (secondary N) is 1. The molecule has 18 heavy (non-hydrogen) atoms. The molecule has 1 aromatic rings. The highest BCUT2D eigenvalue weighted by atomic mass is 16.5. The number of carbonyl (C=O) groups excluding carboxylic acids is 2. The Bertz CT molecular complexity index is 401. The van der Waals surface area contributed by atoms with E-state index < -0.39 is 0 Å². The van der Waals surface area contributed by atoms with Crippen LogP contribution in [0.5, 0.6) is 0 Å². The standard InChI is InChI=1S/C12H19N3O3/c1-3-18-12(17)5-4-11(16)14-7-9-15-8-6-13-10(15)2/h6,8H,3-5,7,9H2,1-2H3,(H,14,16). The largest absolute Gasteiger partial charge is 0.466 e. The van der Waals surface area contributed by atoms with Gasteiger partial charge in [0.2, 0.25) is 5.91 Å². The molecule has 0 spiro atoms. The molecule has 6 nitrogen and oxygen atoms in total. The molecule has 1 N–H and O–H groups in total. The van der Waals surface area contributed by atoms with Gasteiger partial charge >= 0.3 is 5.97 Å². The fourth-order valence-electron chi connectivity index (χ4n) is 1.49. The molecule has 6 heteroatoms. The van der Waals surface area contributed by atoms with Gasteiger partial charge in [0.05, 0.1) is 13.0 Å². The first-order valence-corrected chi connectivity index (χ1v) is 6.03. The Balaban J connectivity index is 2.14. The predicted molar refractivity (Wildman–Crippen MR) is 65.8 cm³/mol. The van der Waals surface area contributed by atoms with Crippen molar-refractivity contribution in [3.63, 3.8) is 0 Å². The van der Waals surface area contributed by atoms with Gasteiger partial charge in [-0.15, -0.1) is 0 Å². The van der Waals surface area contributed by atoms with E-state index in [1.165, 1.54) is 0 Å². The highest BCUT2D eigenvalue weighted by Crippen LogP contribution is 1.95. The molecule has 100 valence electrons. The molecule has 0 aromatic carbocycles. The number of carbonyl (C=O) groups is 2. The summed E-state index contributed by atoms with van der Waals surface area (Å²) in [6.45, 7) is 5.20. The molecule has 1 heterocycles. The number of ether oxygens (including phenoxy) is 1. The Morgan fingerprint density at radius 1 is 1.44 bits per heavy atom. The van der Waals surface area contributed by atoms with Crippen LogP contribution in [0.15, 0.2) is 12.4 Å². The van der Waals surface area contributed by atoms with Gasteiger partial charge in [0.15, 0.2) is 0 Å². The topological polar surface area (TPSA) is 73.2 Å². The Morgan fingerprint density at radius 2 is 2.22 bits per heavy atom. The number of amides is 1. The van der Waals surface area contributed by atoms with Crippen molar-refractivity contribution in [2.24, 2.45) is 0 Å². The van der Waals surface area contributed by atoms with E-state index in [9.17, 15) is 9.59 Å². The van der Waals surface area contributed by atoms with Crippen molar-refractivity contribution < 1.29 is 14.3 Å². The Labute approximate surface area is 106 Å². The Hall–Kier alpha value is -1.85. The summed E-state index contributed by atoms with van der Waals surface area (Å²) in [5.41, 5.74) is 0.